The van der Waals surface area contributed by atoms with E-state index >= 15 is 0 Å². The van der Waals surface area contributed by atoms with Crippen LogP contribution in [0.15, 0.2) is 60.7 Å². The van der Waals surface area contributed by atoms with Crippen molar-refractivity contribution in [3.63, 3.8) is 0 Å². The highest BCUT2D eigenvalue weighted by molar-refractivity contribution is 5.82. The molecule has 1 atom stereocenters. The van der Waals surface area contributed by atoms with Crippen LogP contribution in [0.1, 0.15) is 24.5 Å². The van der Waals surface area contributed by atoms with Crippen LogP contribution in [-0.4, -0.2) is 19.0 Å². The van der Waals surface area contributed by atoms with Gasteiger partial charge in [0.15, 0.2) is 0 Å². The molecule has 4 nitrogen and oxygen atoms in total. The summed E-state index contributed by atoms with van der Waals surface area (Å²) in [5, 5.41) is 2.92. The number of benzene rings is 2. The fraction of sp³-hybridized carbons (Fsp3) is 0.278. The Labute approximate surface area is 131 Å². The molecule has 4 heteroatoms. The Hall–Kier alpha value is -2.33. The van der Waals surface area contributed by atoms with Crippen LogP contribution in [0.3, 0.4) is 0 Å². The first-order valence-corrected chi connectivity index (χ1v) is 7.55. The predicted octanol–water partition coefficient (Wildman–Crippen LogP) is 2.66. The third kappa shape index (κ3) is 4.90. The van der Waals surface area contributed by atoms with E-state index in [1.807, 2.05) is 60.7 Å². The lowest BCUT2D eigenvalue weighted by molar-refractivity contribution is -0.128. The zero-order chi connectivity index (χ0) is 15.6. The highest BCUT2D eigenvalue weighted by Gasteiger charge is 2.22. The molecule has 0 bridgehead atoms. The standard InChI is InChI=1S/C18H22N2O2/c19-13-7-8-14-20-18(21)17(15-9-3-1-4-10-15)22-16-11-5-2-6-12-16/h1-6,9-12,17H,7-8,13-14,19H2,(H,20,21). The van der Waals surface area contributed by atoms with Crippen LogP contribution >= 0.6 is 0 Å². The molecule has 2 aromatic carbocycles. The Morgan fingerprint density at radius 1 is 1.00 bits per heavy atom. The van der Waals surface area contributed by atoms with Gasteiger partial charge in [0.05, 0.1) is 0 Å². The minimum absolute atomic E-state index is 0.132. The number of carbonyl (C=O) groups is 1. The highest BCUT2D eigenvalue weighted by Crippen LogP contribution is 2.21. The second kappa shape index (κ2) is 8.85. The van der Waals surface area contributed by atoms with E-state index < -0.39 is 6.10 Å². The largest absolute Gasteiger partial charge is 0.476 e. The number of amides is 1. The van der Waals surface area contributed by atoms with Crippen LogP contribution in [0.5, 0.6) is 5.75 Å². The monoisotopic (exact) mass is 298 g/mol. The van der Waals surface area contributed by atoms with Crippen molar-refractivity contribution in [3.05, 3.63) is 66.2 Å². The molecule has 1 unspecified atom stereocenters. The minimum Gasteiger partial charge on any atom is -0.476 e. The molecule has 2 aromatic rings. The summed E-state index contributed by atoms with van der Waals surface area (Å²) < 4.78 is 5.88. The van der Waals surface area contributed by atoms with Gasteiger partial charge >= 0.3 is 0 Å². The van der Waals surface area contributed by atoms with Crippen molar-refractivity contribution in [3.8, 4) is 5.75 Å². The smallest absolute Gasteiger partial charge is 0.265 e. The van der Waals surface area contributed by atoms with Gasteiger partial charge in [-0.05, 0) is 31.5 Å². The van der Waals surface area contributed by atoms with E-state index in [-0.39, 0.29) is 5.91 Å². The second-order valence-corrected chi connectivity index (χ2v) is 5.01. The van der Waals surface area contributed by atoms with Gasteiger partial charge in [0.25, 0.3) is 5.91 Å². The topological polar surface area (TPSA) is 64.3 Å². The first-order chi connectivity index (χ1) is 10.8. The quantitative estimate of drug-likeness (QED) is 0.736. The molecular weight excluding hydrogens is 276 g/mol. The number of ether oxygens (including phenoxy) is 1. The van der Waals surface area contributed by atoms with E-state index in [9.17, 15) is 4.79 Å². The lowest BCUT2D eigenvalue weighted by Crippen LogP contribution is -2.33. The van der Waals surface area contributed by atoms with Crippen molar-refractivity contribution >= 4 is 5.91 Å². The molecule has 0 saturated heterocycles. The lowest BCUT2D eigenvalue weighted by Gasteiger charge is -2.19. The van der Waals surface area contributed by atoms with Crippen molar-refractivity contribution in [1.82, 2.24) is 5.32 Å². The molecule has 1 amide bonds. The molecule has 2 rings (SSSR count). The van der Waals surface area contributed by atoms with Gasteiger partial charge in [-0.2, -0.15) is 0 Å². The van der Waals surface area contributed by atoms with Crippen molar-refractivity contribution in [2.24, 2.45) is 5.73 Å². The van der Waals surface area contributed by atoms with Crippen molar-refractivity contribution < 1.29 is 9.53 Å². The van der Waals surface area contributed by atoms with Gasteiger partial charge in [-0.25, -0.2) is 0 Å². The van der Waals surface area contributed by atoms with E-state index in [0.717, 1.165) is 18.4 Å². The molecule has 3 N–H and O–H groups in total. The highest BCUT2D eigenvalue weighted by atomic mass is 16.5. The third-order valence-corrected chi connectivity index (χ3v) is 3.27. The fourth-order valence-electron chi connectivity index (χ4n) is 2.11. The fourth-order valence-corrected chi connectivity index (χ4v) is 2.11. The Kier molecular flexibility index (Phi) is 6.45. The number of nitrogens with two attached hydrogens (primary N) is 1. The first-order valence-electron chi connectivity index (χ1n) is 7.55. The van der Waals surface area contributed by atoms with Crippen molar-refractivity contribution in [2.75, 3.05) is 13.1 Å². The number of unbranched alkanes of at least 4 members (excludes halogenated alkanes) is 1. The molecule has 0 spiro atoms. The molecule has 0 aliphatic heterocycles. The average Bonchev–Trinajstić information content (AvgIpc) is 2.58. The Morgan fingerprint density at radius 2 is 1.64 bits per heavy atom. The summed E-state index contributed by atoms with van der Waals surface area (Å²) in [4.78, 5) is 12.4. The molecule has 22 heavy (non-hydrogen) atoms. The molecule has 0 radical (unpaired) electrons. The van der Waals surface area contributed by atoms with Crippen LogP contribution in [0.25, 0.3) is 0 Å². The van der Waals surface area contributed by atoms with Gasteiger partial charge in [0, 0.05) is 12.1 Å². The van der Waals surface area contributed by atoms with Crippen LogP contribution in [0.2, 0.25) is 0 Å². The van der Waals surface area contributed by atoms with E-state index in [0.29, 0.717) is 18.8 Å². The minimum atomic E-state index is -0.651. The number of carbonyl (C=O) groups excluding carboxylic acids is 1. The van der Waals surface area contributed by atoms with Crippen molar-refractivity contribution in [2.45, 2.75) is 18.9 Å². The summed E-state index contributed by atoms with van der Waals surface area (Å²) in [7, 11) is 0. The third-order valence-electron chi connectivity index (χ3n) is 3.27. The van der Waals surface area contributed by atoms with Crippen LogP contribution in [0, 0.1) is 0 Å². The summed E-state index contributed by atoms with van der Waals surface area (Å²) in [5.41, 5.74) is 6.30. The summed E-state index contributed by atoms with van der Waals surface area (Å²) in [5.74, 6) is 0.542. The number of para-hydroxylation sites is 1. The van der Waals surface area contributed by atoms with Crippen LogP contribution < -0.4 is 15.8 Å². The number of hydrogen-bond donors (Lipinski definition) is 2. The van der Waals surface area contributed by atoms with Gasteiger partial charge in [0.1, 0.15) is 5.75 Å². The number of rotatable bonds is 8. The Morgan fingerprint density at radius 3 is 2.27 bits per heavy atom. The molecule has 0 aromatic heterocycles. The maximum Gasteiger partial charge on any atom is 0.265 e. The maximum atomic E-state index is 12.4. The normalized spacial score (nSPS) is 11.7. The van der Waals surface area contributed by atoms with E-state index in [4.69, 9.17) is 10.5 Å². The maximum absolute atomic E-state index is 12.4. The van der Waals surface area contributed by atoms with E-state index in [1.54, 1.807) is 0 Å². The molecule has 0 aliphatic carbocycles. The molecule has 0 fully saturated rings. The first kappa shape index (κ1) is 16.0. The summed E-state index contributed by atoms with van der Waals surface area (Å²) in [6.45, 7) is 1.25. The summed E-state index contributed by atoms with van der Waals surface area (Å²) in [6, 6.07) is 18.9. The Balaban J connectivity index is 2.06. The zero-order valence-corrected chi connectivity index (χ0v) is 12.6. The predicted molar refractivity (Wildman–Crippen MR) is 87.6 cm³/mol. The summed E-state index contributed by atoms with van der Waals surface area (Å²) >= 11 is 0. The van der Waals surface area contributed by atoms with Gasteiger partial charge in [-0.1, -0.05) is 48.5 Å². The van der Waals surface area contributed by atoms with Crippen LogP contribution in [0.4, 0.5) is 0 Å². The van der Waals surface area contributed by atoms with Gasteiger partial charge in [-0.15, -0.1) is 0 Å². The average molecular weight is 298 g/mol. The van der Waals surface area contributed by atoms with Crippen LogP contribution in [-0.2, 0) is 4.79 Å². The molecule has 0 saturated carbocycles. The van der Waals surface area contributed by atoms with E-state index in [2.05, 4.69) is 5.32 Å². The number of nitrogens with one attached hydrogen (secondary N) is 1. The van der Waals surface area contributed by atoms with Gasteiger partial charge in [-0.3, -0.25) is 4.79 Å². The zero-order valence-electron chi connectivity index (χ0n) is 12.6. The SMILES string of the molecule is NCCCCNC(=O)C(Oc1ccccc1)c1ccccc1. The Bertz CT molecular complexity index is 558. The molecule has 0 heterocycles. The van der Waals surface area contributed by atoms with Crippen molar-refractivity contribution in [1.29, 1.82) is 0 Å². The second-order valence-electron chi connectivity index (χ2n) is 5.01. The molecule has 116 valence electrons. The van der Waals surface area contributed by atoms with Gasteiger partial charge < -0.3 is 15.8 Å². The summed E-state index contributed by atoms with van der Waals surface area (Å²) in [6.07, 6.45) is 1.12. The molecular formula is C18H22N2O2. The van der Waals surface area contributed by atoms with Gasteiger partial charge in [0.2, 0.25) is 6.10 Å². The number of hydrogen-bond acceptors (Lipinski definition) is 3. The lowest BCUT2D eigenvalue weighted by atomic mass is 10.1. The molecule has 0 aliphatic rings. The van der Waals surface area contributed by atoms with E-state index in [1.165, 1.54) is 0 Å².